The molecule has 0 radical (unpaired) electrons. The van der Waals surface area contributed by atoms with E-state index in [1.165, 1.54) is 0 Å². The first-order valence-corrected chi connectivity index (χ1v) is 9.54. The lowest BCUT2D eigenvalue weighted by molar-refractivity contribution is -0.117. The number of hydrogen-bond donors (Lipinski definition) is 3. The van der Waals surface area contributed by atoms with Gasteiger partial charge in [0.15, 0.2) is 0 Å². The fourth-order valence-corrected chi connectivity index (χ4v) is 3.24. The largest absolute Gasteiger partial charge is 0.376 e. The number of benzene rings is 3. The highest BCUT2D eigenvalue weighted by Crippen LogP contribution is 2.31. The molecule has 3 N–H and O–H groups in total. The summed E-state index contributed by atoms with van der Waals surface area (Å²) >= 11 is 0. The van der Waals surface area contributed by atoms with Crippen molar-refractivity contribution >= 4 is 39.6 Å². The molecule has 1 fully saturated rings. The summed E-state index contributed by atoms with van der Waals surface area (Å²) in [5.41, 5.74) is 3.24. The average molecular weight is 373 g/mol. The molecule has 5 nitrogen and oxygen atoms in total. The van der Waals surface area contributed by atoms with Crippen molar-refractivity contribution in [3.05, 3.63) is 66.2 Å². The minimum Gasteiger partial charge on any atom is -0.376 e. The zero-order chi connectivity index (χ0) is 19.5. The Bertz CT molecular complexity index is 1040. The van der Waals surface area contributed by atoms with Crippen LogP contribution < -0.4 is 16.0 Å². The van der Waals surface area contributed by atoms with Crippen molar-refractivity contribution in [1.29, 1.82) is 0 Å². The molecule has 0 aromatic heterocycles. The molecule has 4 rings (SSSR count). The van der Waals surface area contributed by atoms with E-state index in [0.717, 1.165) is 40.6 Å². The van der Waals surface area contributed by atoms with Crippen LogP contribution in [0.15, 0.2) is 60.7 Å². The highest BCUT2D eigenvalue weighted by molar-refractivity contribution is 6.00. The zero-order valence-corrected chi connectivity index (χ0v) is 15.8. The Morgan fingerprint density at radius 2 is 1.50 bits per heavy atom. The van der Waals surface area contributed by atoms with E-state index in [-0.39, 0.29) is 24.3 Å². The molecule has 1 aliphatic rings. The third-order valence-electron chi connectivity index (χ3n) is 5.04. The van der Waals surface area contributed by atoms with Crippen molar-refractivity contribution in [3.8, 4) is 0 Å². The number of anilines is 3. The summed E-state index contributed by atoms with van der Waals surface area (Å²) in [4.78, 5) is 24.5. The molecule has 28 heavy (non-hydrogen) atoms. The van der Waals surface area contributed by atoms with Gasteiger partial charge in [0.25, 0.3) is 0 Å². The van der Waals surface area contributed by atoms with Gasteiger partial charge in [-0.2, -0.15) is 0 Å². The molecule has 2 amide bonds. The molecular formula is C23H23N3O2. The third-order valence-corrected chi connectivity index (χ3v) is 5.04. The molecule has 3 aromatic carbocycles. The Balaban J connectivity index is 1.41. The molecular weight excluding hydrogens is 350 g/mol. The van der Waals surface area contributed by atoms with Crippen molar-refractivity contribution in [2.45, 2.75) is 19.8 Å². The SMILES string of the molecule is Cc1c(NC(=O)CNc2cccc3ccccc23)cccc1NC(=O)C1CC1. The first kappa shape index (κ1) is 18.0. The van der Waals surface area contributed by atoms with Gasteiger partial charge in [-0.05, 0) is 48.9 Å². The molecule has 142 valence electrons. The fourth-order valence-electron chi connectivity index (χ4n) is 3.24. The fraction of sp³-hybridized carbons (Fsp3) is 0.217. The zero-order valence-electron chi connectivity index (χ0n) is 15.8. The van der Waals surface area contributed by atoms with Gasteiger partial charge in [-0.3, -0.25) is 9.59 Å². The summed E-state index contributed by atoms with van der Waals surface area (Å²) in [6.07, 6.45) is 1.92. The van der Waals surface area contributed by atoms with Gasteiger partial charge in [0, 0.05) is 28.4 Å². The monoisotopic (exact) mass is 373 g/mol. The van der Waals surface area contributed by atoms with Gasteiger partial charge in [0.05, 0.1) is 6.54 Å². The molecule has 0 spiro atoms. The Kier molecular flexibility index (Phi) is 4.98. The Morgan fingerprint density at radius 1 is 0.857 bits per heavy atom. The molecule has 0 unspecified atom stereocenters. The summed E-state index contributed by atoms with van der Waals surface area (Å²) in [7, 11) is 0. The highest BCUT2D eigenvalue weighted by Gasteiger charge is 2.29. The number of carbonyl (C=O) groups is 2. The summed E-state index contributed by atoms with van der Waals surface area (Å²) in [6, 6.07) is 19.6. The summed E-state index contributed by atoms with van der Waals surface area (Å²) in [5.74, 6) is 0.0634. The Hall–Kier alpha value is -3.34. The number of fused-ring (bicyclic) bond motifs is 1. The van der Waals surface area contributed by atoms with Crippen LogP contribution in [0.5, 0.6) is 0 Å². The lowest BCUT2D eigenvalue weighted by Gasteiger charge is -2.14. The maximum absolute atomic E-state index is 12.5. The van der Waals surface area contributed by atoms with Crippen LogP contribution in [0.2, 0.25) is 0 Å². The van der Waals surface area contributed by atoms with Crippen molar-refractivity contribution in [3.63, 3.8) is 0 Å². The topological polar surface area (TPSA) is 70.2 Å². The molecule has 0 heterocycles. The van der Waals surface area contributed by atoms with E-state index >= 15 is 0 Å². The van der Waals surface area contributed by atoms with Gasteiger partial charge >= 0.3 is 0 Å². The summed E-state index contributed by atoms with van der Waals surface area (Å²) in [6.45, 7) is 2.06. The quantitative estimate of drug-likeness (QED) is 0.594. The number of nitrogens with one attached hydrogen (secondary N) is 3. The summed E-state index contributed by atoms with van der Waals surface area (Å²) in [5, 5.41) is 11.3. The van der Waals surface area contributed by atoms with Crippen molar-refractivity contribution in [2.75, 3.05) is 22.5 Å². The van der Waals surface area contributed by atoms with Gasteiger partial charge in [0.1, 0.15) is 0 Å². The third kappa shape index (κ3) is 3.98. The van der Waals surface area contributed by atoms with Crippen molar-refractivity contribution in [1.82, 2.24) is 0 Å². The smallest absolute Gasteiger partial charge is 0.243 e. The van der Waals surface area contributed by atoms with E-state index in [4.69, 9.17) is 0 Å². The molecule has 5 heteroatoms. The minimum absolute atomic E-state index is 0.0594. The van der Waals surface area contributed by atoms with Crippen LogP contribution in [-0.4, -0.2) is 18.4 Å². The van der Waals surface area contributed by atoms with Gasteiger partial charge in [-0.25, -0.2) is 0 Å². The molecule has 1 saturated carbocycles. The van der Waals surface area contributed by atoms with Gasteiger partial charge < -0.3 is 16.0 Å². The van der Waals surface area contributed by atoms with Crippen molar-refractivity contribution < 1.29 is 9.59 Å². The van der Waals surface area contributed by atoms with E-state index in [1.54, 1.807) is 0 Å². The summed E-state index contributed by atoms with van der Waals surface area (Å²) < 4.78 is 0. The van der Waals surface area contributed by atoms with E-state index in [1.807, 2.05) is 67.6 Å². The first-order chi connectivity index (χ1) is 13.6. The maximum atomic E-state index is 12.5. The predicted molar refractivity (Wildman–Crippen MR) is 114 cm³/mol. The molecule has 0 bridgehead atoms. The number of amides is 2. The van der Waals surface area contributed by atoms with E-state index in [2.05, 4.69) is 16.0 Å². The standard InChI is InChI=1S/C23H23N3O2/c1-15-19(9-5-10-20(15)26-23(28)17-12-13-17)25-22(27)14-24-21-11-4-7-16-6-2-3-8-18(16)21/h2-11,17,24H,12-14H2,1H3,(H,25,27)(H,26,28). The molecule has 0 atom stereocenters. The van der Waals surface area contributed by atoms with Crippen LogP contribution in [0, 0.1) is 12.8 Å². The van der Waals surface area contributed by atoms with Crippen LogP contribution in [-0.2, 0) is 9.59 Å². The second-order valence-electron chi connectivity index (χ2n) is 7.17. The minimum atomic E-state index is -0.137. The number of hydrogen-bond acceptors (Lipinski definition) is 3. The highest BCUT2D eigenvalue weighted by atomic mass is 16.2. The van der Waals surface area contributed by atoms with E-state index < -0.39 is 0 Å². The Labute approximate surface area is 164 Å². The second-order valence-corrected chi connectivity index (χ2v) is 7.17. The first-order valence-electron chi connectivity index (χ1n) is 9.54. The molecule has 3 aromatic rings. The van der Waals surface area contributed by atoms with Gasteiger partial charge in [-0.15, -0.1) is 0 Å². The average Bonchev–Trinajstić information content (AvgIpc) is 3.55. The number of carbonyl (C=O) groups excluding carboxylic acids is 2. The maximum Gasteiger partial charge on any atom is 0.243 e. The second kappa shape index (κ2) is 7.72. The van der Waals surface area contributed by atoms with Crippen LogP contribution in [0.4, 0.5) is 17.1 Å². The van der Waals surface area contributed by atoms with Crippen LogP contribution in [0.25, 0.3) is 10.8 Å². The van der Waals surface area contributed by atoms with Gasteiger partial charge in [0.2, 0.25) is 11.8 Å². The predicted octanol–water partition coefficient (Wildman–Crippen LogP) is 4.55. The molecule has 1 aliphatic carbocycles. The van der Waals surface area contributed by atoms with Crippen LogP contribution in [0.1, 0.15) is 18.4 Å². The van der Waals surface area contributed by atoms with Crippen molar-refractivity contribution in [2.24, 2.45) is 5.92 Å². The normalized spacial score (nSPS) is 13.2. The lowest BCUT2D eigenvalue weighted by Crippen LogP contribution is -2.22. The lowest BCUT2D eigenvalue weighted by atomic mass is 10.1. The van der Waals surface area contributed by atoms with Crippen LogP contribution in [0.3, 0.4) is 0 Å². The van der Waals surface area contributed by atoms with Gasteiger partial charge in [-0.1, -0.05) is 42.5 Å². The Morgan fingerprint density at radius 3 is 2.29 bits per heavy atom. The molecule has 0 saturated heterocycles. The number of rotatable bonds is 6. The molecule has 0 aliphatic heterocycles. The van der Waals surface area contributed by atoms with E-state index in [9.17, 15) is 9.59 Å². The van der Waals surface area contributed by atoms with E-state index in [0.29, 0.717) is 5.69 Å². The van der Waals surface area contributed by atoms with Crippen LogP contribution >= 0.6 is 0 Å².